The molecule has 0 aliphatic carbocycles. The number of ether oxygens (including phenoxy) is 1. The Morgan fingerprint density at radius 1 is 1.19 bits per heavy atom. The van der Waals surface area contributed by atoms with Gasteiger partial charge in [0.2, 0.25) is 0 Å². The van der Waals surface area contributed by atoms with Crippen LogP contribution in [0, 0.1) is 11.3 Å². The molecule has 0 aromatic heterocycles. The maximum atomic E-state index is 5.49. The van der Waals surface area contributed by atoms with Crippen LogP contribution in [0.3, 0.4) is 0 Å². The van der Waals surface area contributed by atoms with Gasteiger partial charge in [0.25, 0.3) is 0 Å². The molecule has 94 valence electrons. The summed E-state index contributed by atoms with van der Waals surface area (Å²) in [4.78, 5) is 2.69. The lowest BCUT2D eigenvalue weighted by atomic mass is 9.80. The van der Waals surface area contributed by atoms with Gasteiger partial charge in [0.05, 0.1) is 0 Å². The summed E-state index contributed by atoms with van der Waals surface area (Å²) in [5.74, 6) is 0.861. The first-order chi connectivity index (χ1) is 7.70. The Kier molecular flexibility index (Phi) is 4.26. The van der Waals surface area contributed by atoms with Crippen LogP contribution in [-0.2, 0) is 4.74 Å². The van der Waals surface area contributed by atoms with Gasteiger partial charge in [-0.3, -0.25) is 0 Å². The summed E-state index contributed by atoms with van der Waals surface area (Å²) in [6, 6.07) is 0. The predicted octanol–water partition coefficient (Wildman–Crippen LogP) is 2.93. The van der Waals surface area contributed by atoms with E-state index >= 15 is 0 Å². The zero-order chi connectivity index (χ0) is 11.4. The average molecular weight is 225 g/mol. The van der Waals surface area contributed by atoms with Gasteiger partial charge in [-0.05, 0) is 56.5 Å². The van der Waals surface area contributed by atoms with Gasteiger partial charge in [0.15, 0.2) is 0 Å². The molecule has 0 unspecified atom stereocenters. The van der Waals surface area contributed by atoms with E-state index in [4.69, 9.17) is 4.74 Å². The number of hydrogen-bond donors (Lipinski definition) is 0. The highest BCUT2D eigenvalue weighted by Gasteiger charge is 2.38. The van der Waals surface area contributed by atoms with E-state index in [1.165, 1.54) is 51.7 Å². The van der Waals surface area contributed by atoms with Crippen molar-refractivity contribution >= 4 is 0 Å². The van der Waals surface area contributed by atoms with E-state index in [1.807, 2.05) is 0 Å². The first-order valence-corrected chi connectivity index (χ1v) is 7.00. The van der Waals surface area contributed by atoms with Gasteiger partial charge in [0.1, 0.15) is 0 Å². The first-order valence-electron chi connectivity index (χ1n) is 7.00. The van der Waals surface area contributed by atoms with Crippen LogP contribution < -0.4 is 0 Å². The largest absolute Gasteiger partial charge is 0.381 e. The third-order valence-corrected chi connectivity index (χ3v) is 4.33. The Morgan fingerprint density at radius 2 is 1.94 bits per heavy atom. The van der Waals surface area contributed by atoms with Crippen molar-refractivity contribution in [3.05, 3.63) is 0 Å². The van der Waals surface area contributed by atoms with Crippen molar-refractivity contribution in [3.63, 3.8) is 0 Å². The highest BCUT2D eigenvalue weighted by molar-refractivity contribution is 4.91. The Hall–Kier alpha value is -0.0800. The Balaban J connectivity index is 1.70. The van der Waals surface area contributed by atoms with Gasteiger partial charge in [-0.25, -0.2) is 0 Å². The van der Waals surface area contributed by atoms with E-state index in [0.717, 1.165) is 19.1 Å². The van der Waals surface area contributed by atoms with E-state index < -0.39 is 0 Å². The molecule has 2 nitrogen and oxygen atoms in total. The quantitative estimate of drug-likeness (QED) is 0.729. The molecule has 0 radical (unpaired) electrons. The molecule has 0 N–H and O–H groups in total. The molecule has 2 saturated heterocycles. The molecule has 1 spiro atoms. The summed E-state index contributed by atoms with van der Waals surface area (Å²) in [7, 11) is 0. The fraction of sp³-hybridized carbons (Fsp3) is 1.00. The number of hydrogen-bond acceptors (Lipinski definition) is 2. The highest BCUT2D eigenvalue weighted by Crippen LogP contribution is 2.39. The summed E-state index contributed by atoms with van der Waals surface area (Å²) < 4.78 is 5.49. The predicted molar refractivity (Wildman–Crippen MR) is 67.6 cm³/mol. The van der Waals surface area contributed by atoms with E-state index in [0.29, 0.717) is 5.41 Å². The summed E-state index contributed by atoms with van der Waals surface area (Å²) >= 11 is 0. The summed E-state index contributed by atoms with van der Waals surface area (Å²) in [5.41, 5.74) is 0.635. The van der Waals surface area contributed by atoms with Crippen molar-refractivity contribution in [2.45, 2.75) is 46.0 Å². The highest BCUT2D eigenvalue weighted by atomic mass is 16.5. The second-order valence-electron chi connectivity index (χ2n) is 6.17. The van der Waals surface area contributed by atoms with Crippen molar-refractivity contribution in [1.29, 1.82) is 0 Å². The minimum atomic E-state index is 0.635. The smallest absolute Gasteiger partial charge is 0.0471 e. The van der Waals surface area contributed by atoms with Crippen LogP contribution in [-0.4, -0.2) is 37.7 Å². The summed E-state index contributed by atoms with van der Waals surface area (Å²) in [5, 5.41) is 0. The zero-order valence-electron chi connectivity index (χ0n) is 11.0. The van der Waals surface area contributed by atoms with E-state index in [-0.39, 0.29) is 0 Å². The first kappa shape index (κ1) is 12.4. The van der Waals surface area contributed by atoms with E-state index in [9.17, 15) is 0 Å². The molecular formula is C14H27NO. The molecule has 2 heteroatoms. The third-order valence-electron chi connectivity index (χ3n) is 4.33. The average Bonchev–Trinajstić information content (AvgIpc) is 2.62. The number of rotatable bonds is 4. The molecule has 2 fully saturated rings. The van der Waals surface area contributed by atoms with Crippen molar-refractivity contribution in [2.75, 3.05) is 32.8 Å². The van der Waals surface area contributed by atoms with Crippen molar-refractivity contribution < 1.29 is 4.74 Å². The van der Waals surface area contributed by atoms with Gasteiger partial charge in [-0.1, -0.05) is 13.8 Å². The molecular weight excluding hydrogens is 198 g/mol. The normalized spacial score (nSPS) is 25.7. The Morgan fingerprint density at radius 3 is 2.62 bits per heavy atom. The van der Waals surface area contributed by atoms with Crippen LogP contribution in [0.1, 0.15) is 46.0 Å². The number of nitrogens with zero attached hydrogens (tertiary/aromatic N) is 1. The fourth-order valence-electron chi connectivity index (χ4n) is 3.15. The minimum Gasteiger partial charge on any atom is -0.381 e. The topological polar surface area (TPSA) is 12.5 Å². The van der Waals surface area contributed by atoms with Crippen LogP contribution >= 0.6 is 0 Å². The van der Waals surface area contributed by atoms with Gasteiger partial charge in [-0.15, -0.1) is 0 Å². The van der Waals surface area contributed by atoms with Crippen LogP contribution in [0.15, 0.2) is 0 Å². The zero-order valence-corrected chi connectivity index (χ0v) is 11.0. The van der Waals surface area contributed by atoms with Crippen molar-refractivity contribution in [1.82, 2.24) is 4.90 Å². The molecule has 0 aromatic carbocycles. The van der Waals surface area contributed by atoms with E-state index in [1.54, 1.807) is 0 Å². The molecule has 2 heterocycles. The summed E-state index contributed by atoms with van der Waals surface area (Å²) in [6.45, 7) is 10.6. The Labute approximate surface area is 100 Å². The van der Waals surface area contributed by atoms with E-state index in [2.05, 4.69) is 18.7 Å². The molecule has 0 amide bonds. The maximum absolute atomic E-state index is 5.49. The van der Waals surface area contributed by atoms with Crippen LogP contribution in [0.25, 0.3) is 0 Å². The van der Waals surface area contributed by atoms with Gasteiger partial charge in [-0.2, -0.15) is 0 Å². The Bertz CT molecular complexity index is 209. The lowest BCUT2D eigenvalue weighted by Gasteiger charge is -2.33. The molecule has 0 atom stereocenters. The minimum absolute atomic E-state index is 0.635. The van der Waals surface area contributed by atoms with Crippen LogP contribution in [0.2, 0.25) is 0 Å². The molecule has 0 bridgehead atoms. The maximum Gasteiger partial charge on any atom is 0.0471 e. The number of likely N-dealkylation sites (tertiary alicyclic amines) is 1. The van der Waals surface area contributed by atoms with Crippen LogP contribution in [0.5, 0.6) is 0 Å². The monoisotopic (exact) mass is 225 g/mol. The second kappa shape index (κ2) is 5.50. The molecule has 2 rings (SSSR count). The van der Waals surface area contributed by atoms with Gasteiger partial charge >= 0.3 is 0 Å². The second-order valence-corrected chi connectivity index (χ2v) is 6.17. The molecule has 16 heavy (non-hydrogen) atoms. The molecule has 2 aliphatic rings. The van der Waals surface area contributed by atoms with Crippen LogP contribution in [0.4, 0.5) is 0 Å². The van der Waals surface area contributed by atoms with Gasteiger partial charge < -0.3 is 9.64 Å². The molecule has 2 aliphatic heterocycles. The fourth-order valence-corrected chi connectivity index (χ4v) is 3.15. The standard InChI is InChI=1S/C14H27NO/c1-13(2)4-3-8-15-9-5-14(12-15)6-10-16-11-7-14/h13H,3-12H2,1-2H3. The third kappa shape index (κ3) is 3.21. The molecule has 0 saturated carbocycles. The molecule has 0 aromatic rings. The van der Waals surface area contributed by atoms with Crippen molar-refractivity contribution in [2.24, 2.45) is 11.3 Å². The SMILES string of the molecule is CC(C)CCCN1CCC2(CCOCC2)C1. The lowest BCUT2D eigenvalue weighted by Crippen LogP contribution is -2.33. The van der Waals surface area contributed by atoms with Gasteiger partial charge in [0, 0.05) is 19.8 Å². The summed E-state index contributed by atoms with van der Waals surface area (Å²) in [6.07, 6.45) is 6.77. The lowest BCUT2D eigenvalue weighted by molar-refractivity contribution is 0.0193. The van der Waals surface area contributed by atoms with Crippen molar-refractivity contribution in [3.8, 4) is 0 Å².